The Hall–Kier alpha value is -0.100. The van der Waals surface area contributed by atoms with Gasteiger partial charge in [0.05, 0.1) is 9.35 Å². The first kappa shape index (κ1) is 16.9. The van der Waals surface area contributed by atoms with Crippen LogP contribution in [0.4, 0.5) is 0 Å². The molecule has 1 aromatic heterocycles. The molecular formula is C11H18BrClN2OS. The maximum atomic E-state index is 12.0. The lowest BCUT2D eigenvalue weighted by atomic mass is 9.93. The van der Waals surface area contributed by atoms with Crippen LogP contribution in [0.1, 0.15) is 24.2 Å². The summed E-state index contributed by atoms with van der Waals surface area (Å²) in [5, 5.41) is 1.86. The van der Waals surface area contributed by atoms with Gasteiger partial charge in [0, 0.05) is 19.0 Å². The minimum Gasteiger partial charge on any atom is -0.341 e. The van der Waals surface area contributed by atoms with E-state index in [4.69, 9.17) is 5.73 Å². The molecule has 2 N–H and O–H groups in total. The average Bonchev–Trinajstić information content (AvgIpc) is 2.63. The third kappa shape index (κ3) is 4.95. The number of amides is 1. The van der Waals surface area contributed by atoms with Crippen LogP contribution in [-0.2, 0) is 0 Å². The van der Waals surface area contributed by atoms with Gasteiger partial charge in [-0.2, -0.15) is 0 Å². The van der Waals surface area contributed by atoms with Crippen molar-refractivity contribution in [3.63, 3.8) is 0 Å². The maximum absolute atomic E-state index is 12.0. The van der Waals surface area contributed by atoms with Gasteiger partial charge in [0.15, 0.2) is 0 Å². The maximum Gasteiger partial charge on any atom is 0.254 e. The Labute approximate surface area is 121 Å². The van der Waals surface area contributed by atoms with Crippen molar-refractivity contribution in [1.82, 2.24) is 4.90 Å². The van der Waals surface area contributed by atoms with Crippen LogP contribution < -0.4 is 5.73 Å². The summed E-state index contributed by atoms with van der Waals surface area (Å²) < 4.78 is 0.974. The third-order valence-electron chi connectivity index (χ3n) is 2.38. The zero-order valence-electron chi connectivity index (χ0n) is 10.2. The number of hydrogen-bond acceptors (Lipinski definition) is 3. The molecule has 0 fully saturated rings. The molecule has 0 saturated heterocycles. The van der Waals surface area contributed by atoms with E-state index in [1.54, 1.807) is 4.90 Å². The van der Waals surface area contributed by atoms with Gasteiger partial charge in [0.2, 0.25) is 0 Å². The highest BCUT2D eigenvalue weighted by Gasteiger charge is 2.22. The van der Waals surface area contributed by atoms with Crippen molar-refractivity contribution in [3.8, 4) is 0 Å². The van der Waals surface area contributed by atoms with Crippen LogP contribution in [0.25, 0.3) is 0 Å². The van der Waals surface area contributed by atoms with E-state index >= 15 is 0 Å². The fourth-order valence-corrected chi connectivity index (χ4v) is 2.55. The highest BCUT2D eigenvalue weighted by molar-refractivity contribution is 9.11. The van der Waals surface area contributed by atoms with Gasteiger partial charge in [-0.05, 0) is 34.0 Å². The topological polar surface area (TPSA) is 46.3 Å². The molecule has 0 aliphatic heterocycles. The minimum atomic E-state index is -0.0440. The first-order chi connectivity index (χ1) is 7.35. The number of halogens is 2. The molecule has 0 aromatic carbocycles. The molecule has 6 heteroatoms. The first-order valence-corrected chi connectivity index (χ1v) is 6.72. The SMILES string of the molecule is CN(CC(C)(C)CN)C(=O)c1csc(Br)c1.Cl. The Balaban J connectivity index is 0.00000256. The van der Waals surface area contributed by atoms with Gasteiger partial charge in [-0.3, -0.25) is 4.79 Å². The van der Waals surface area contributed by atoms with Crippen LogP contribution in [0.5, 0.6) is 0 Å². The average molecular weight is 342 g/mol. The molecule has 0 bridgehead atoms. The van der Waals surface area contributed by atoms with E-state index in [0.717, 1.165) is 9.35 Å². The van der Waals surface area contributed by atoms with Gasteiger partial charge in [0.1, 0.15) is 0 Å². The summed E-state index contributed by atoms with van der Waals surface area (Å²) in [4.78, 5) is 13.7. The van der Waals surface area contributed by atoms with E-state index in [1.165, 1.54) is 11.3 Å². The second-order valence-electron chi connectivity index (χ2n) is 4.67. The van der Waals surface area contributed by atoms with Gasteiger partial charge >= 0.3 is 0 Å². The molecule has 0 aliphatic carbocycles. The molecule has 1 rings (SSSR count). The Morgan fingerprint density at radius 1 is 1.59 bits per heavy atom. The highest BCUT2D eigenvalue weighted by Crippen LogP contribution is 2.22. The van der Waals surface area contributed by atoms with Crippen LogP contribution in [0.3, 0.4) is 0 Å². The predicted octanol–water partition coefficient (Wildman–Crippen LogP) is 2.99. The molecule has 1 amide bonds. The molecule has 17 heavy (non-hydrogen) atoms. The van der Waals surface area contributed by atoms with Gasteiger partial charge in [0.25, 0.3) is 5.91 Å². The van der Waals surface area contributed by atoms with Crippen molar-refractivity contribution in [2.75, 3.05) is 20.1 Å². The predicted molar refractivity (Wildman–Crippen MR) is 79.1 cm³/mol. The van der Waals surface area contributed by atoms with Gasteiger partial charge in [-0.25, -0.2) is 0 Å². The van der Waals surface area contributed by atoms with Crippen molar-refractivity contribution in [2.45, 2.75) is 13.8 Å². The van der Waals surface area contributed by atoms with E-state index in [-0.39, 0.29) is 23.7 Å². The van der Waals surface area contributed by atoms with Crippen molar-refractivity contribution in [3.05, 3.63) is 20.8 Å². The lowest BCUT2D eigenvalue weighted by Crippen LogP contribution is -2.39. The van der Waals surface area contributed by atoms with Crippen molar-refractivity contribution < 1.29 is 4.79 Å². The van der Waals surface area contributed by atoms with E-state index in [1.807, 2.05) is 18.5 Å². The van der Waals surface area contributed by atoms with Crippen LogP contribution in [0, 0.1) is 5.41 Å². The van der Waals surface area contributed by atoms with Crippen molar-refractivity contribution >= 4 is 45.6 Å². The van der Waals surface area contributed by atoms with E-state index in [9.17, 15) is 4.79 Å². The second-order valence-corrected chi connectivity index (χ2v) is 6.96. The van der Waals surface area contributed by atoms with Crippen molar-refractivity contribution in [2.24, 2.45) is 11.1 Å². The van der Waals surface area contributed by atoms with Crippen LogP contribution in [-0.4, -0.2) is 30.9 Å². The molecule has 3 nitrogen and oxygen atoms in total. The number of carbonyl (C=O) groups is 1. The standard InChI is InChI=1S/C11H17BrN2OS.ClH/c1-11(2,6-13)7-14(3)10(15)8-4-9(12)16-5-8;/h4-5H,6-7,13H2,1-3H3;1H. The van der Waals surface area contributed by atoms with Crippen LogP contribution >= 0.6 is 39.7 Å². The molecule has 0 spiro atoms. The van der Waals surface area contributed by atoms with Gasteiger partial charge < -0.3 is 10.6 Å². The van der Waals surface area contributed by atoms with Gasteiger partial charge in [-0.15, -0.1) is 23.7 Å². The number of rotatable bonds is 4. The Kier molecular flexibility index (Phi) is 6.69. The summed E-state index contributed by atoms with van der Waals surface area (Å²) in [6.07, 6.45) is 0. The quantitative estimate of drug-likeness (QED) is 0.915. The van der Waals surface area contributed by atoms with Crippen molar-refractivity contribution in [1.29, 1.82) is 0 Å². The minimum absolute atomic E-state index is 0. The third-order valence-corrected chi connectivity index (χ3v) is 3.88. The fourth-order valence-electron chi connectivity index (χ4n) is 1.42. The summed E-state index contributed by atoms with van der Waals surface area (Å²) >= 11 is 4.87. The highest BCUT2D eigenvalue weighted by atomic mass is 79.9. The summed E-state index contributed by atoms with van der Waals surface area (Å²) in [6.45, 7) is 5.34. The smallest absolute Gasteiger partial charge is 0.254 e. The normalized spacial score (nSPS) is 10.9. The number of thiophene rings is 1. The number of carbonyl (C=O) groups excluding carboxylic acids is 1. The summed E-state index contributed by atoms with van der Waals surface area (Å²) in [7, 11) is 1.81. The summed E-state index contributed by atoms with van der Waals surface area (Å²) in [5.41, 5.74) is 6.34. The largest absolute Gasteiger partial charge is 0.341 e. The summed E-state index contributed by atoms with van der Waals surface area (Å²) in [6, 6.07) is 1.85. The van der Waals surface area contributed by atoms with E-state index in [2.05, 4.69) is 29.8 Å². The van der Waals surface area contributed by atoms with E-state index < -0.39 is 0 Å². The molecule has 0 radical (unpaired) electrons. The van der Waals surface area contributed by atoms with Crippen LogP contribution in [0.15, 0.2) is 15.2 Å². The molecule has 1 heterocycles. The molecule has 0 aliphatic rings. The zero-order chi connectivity index (χ0) is 12.3. The molecule has 0 atom stereocenters. The molecular weight excluding hydrogens is 324 g/mol. The Morgan fingerprint density at radius 3 is 2.59 bits per heavy atom. The first-order valence-electron chi connectivity index (χ1n) is 5.05. The Bertz CT molecular complexity index is 381. The molecule has 1 aromatic rings. The Morgan fingerprint density at radius 2 is 2.18 bits per heavy atom. The number of nitrogens with two attached hydrogens (primary N) is 1. The monoisotopic (exact) mass is 340 g/mol. The lowest BCUT2D eigenvalue weighted by Gasteiger charge is -2.28. The summed E-state index contributed by atoms with van der Waals surface area (Å²) in [5.74, 6) is 0.0449. The fraction of sp³-hybridized carbons (Fsp3) is 0.545. The zero-order valence-corrected chi connectivity index (χ0v) is 13.4. The van der Waals surface area contributed by atoms with Crippen LogP contribution in [0.2, 0.25) is 0 Å². The number of hydrogen-bond donors (Lipinski definition) is 1. The van der Waals surface area contributed by atoms with Gasteiger partial charge in [-0.1, -0.05) is 13.8 Å². The second kappa shape index (κ2) is 6.73. The number of nitrogens with zero attached hydrogens (tertiary/aromatic N) is 1. The lowest BCUT2D eigenvalue weighted by molar-refractivity contribution is 0.0741. The molecule has 98 valence electrons. The van der Waals surface area contributed by atoms with E-state index in [0.29, 0.717) is 13.1 Å². The molecule has 0 saturated carbocycles. The molecule has 0 unspecified atom stereocenters.